The molecule has 0 aliphatic carbocycles. The van der Waals surface area contributed by atoms with Crippen LogP contribution in [0, 0.1) is 5.92 Å². The first-order valence-corrected chi connectivity index (χ1v) is 9.45. The minimum Gasteiger partial charge on any atom is -0.494 e. The molecule has 1 atom stereocenters. The Morgan fingerprint density at radius 2 is 2.00 bits per heavy atom. The number of hydrogen-bond acceptors (Lipinski definition) is 3. The lowest BCUT2D eigenvalue weighted by molar-refractivity contribution is -0.143. The third kappa shape index (κ3) is 10.4. The van der Waals surface area contributed by atoms with E-state index >= 15 is 0 Å². The molecule has 28 heavy (non-hydrogen) atoms. The van der Waals surface area contributed by atoms with E-state index in [0.29, 0.717) is 38.7 Å². The number of likely N-dealkylation sites (tertiary alicyclic amines) is 1. The van der Waals surface area contributed by atoms with Gasteiger partial charge in [-0.2, -0.15) is 13.2 Å². The second-order valence-corrected chi connectivity index (χ2v) is 6.67. The number of aliphatic imine (C=N–C) groups is 1. The minimum absolute atomic E-state index is 0. The third-order valence-electron chi connectivity index (χ3n) is 4.25. The van der Waals surface area contributed by atoms with Crippen LogP contribution in [0.5, 0.6) is 5.75 Å². The number of ether oxygens (including phenoxy) is 1. The van der Waals surface area contributed by atoms with E-state index in [9.17, 15) is 13.2 Å². The van der Waals surface area contributed by atoms with Crippen LogP contribution >= 0.6 is 24.0 Å². The van der Waals surface area contributed by atoms with Crippen LogP contribution in [0.3, 0.4) is 0 Å². The van der Waals surface area contributed by atoms with Gasteiger partial charge in [-0.1, -0.05) is 18.2 Å². The van der Waals surface area contributed by atoms with Gasteiger partial charge in [-0.3, -0.25) is 9.89 Å². The van der Waals surface area contributed by atoms with Crippen LogP contribution < -0.4 is 15.4 Å². The van der Waals surface area contributed by atoms with Gasteiger partial charge in [-0.25, -0.2) is 0 Å². The minimum atomic E-state index is -4.13. The highest BCUT2D eigenvalue weighted by Crippen LogP contribution is 2.22. The summed E-state index contributed by atoms with van der Waals surface area (Å²) in [6.45, 7) is 4.67. The Morgan fingerprint density at radius 1 is 1.25 bits per heavy atom. The molecule has 0 radical (unpaired) electrons. The Labute approximate surface area is 182 Å². The number of para-hydroxylation sites is 1. The Balaban J connectivity index is 0.00000392. The average molecular weight is 514 g/mol. The Morgan fingerprint density at radius 3 is 2.68 bits per heavy atom. The molecule has 1 heterocycles. The van der Waals surface area contributed by atoms with Crippen molar-refractivity contribution in [2.24, 2.45) is 10.9 Å². The Bertz CT molecular complexity index is 572. The molecule has 2 N–H and O–H groups in total. The first kappa shape index (κ1) is 24.8. The van der Waals surface area contributed by atoms with E-state index in [2.05, 4.69) is 15.6 Å². The molecular weight excluding hydrogens is 484 g/mol. The molecule has 2 rings (SSSR count). The zero-order valence-corrected chi connectivity index (χ0v) is 18.5. The lowest BCUT2D eigenvalue weighted by Crippen LogP contribution is -2.38. The molecule has 1 aromatic carbocycles. The molecule has 1 aliphatic heterocycles. The molecule has 1 fully saturated rings. The molecule has 1 unspecified atom stereocenters. The van der Waals surface area contributed by atoms with Gasteiger partial charge in [0.1, 0.15) is 5.75 Å². The van der Waals surface area contributed by atoms with Gasteiger partial charge in [0.05, 0.1) is 13.2 Å². The lowest BCUT2D eigenvalue weighted by Gasteiger charge is -2.17. The molecule has 5 nitrogen and oxygen atoms in total. The summed E-state index contributed by atoms with van der Waals surface area (Å²) < 4.78 is 43.0. The number of rotatable bonds is 9. The van der Waals surface area contributed by atoms with E-state index in [1.54, 1.807) is 0 Å². The van der Waals surface area contributed by atoms with Gasteiger partial charge in [0.15, 0.2) is 5.96 Å². The van der Waals surface area contributed by atoms with Gasteiger partial charge in [0.2, 0.25) is 0 Å². The number of guanidine groups is 1. The fourth-order valence-electron chi connectivity index (χ4n) is 3.01. The smallest absolute Gasteiger partial charge is 0.401 e. The zero-order valence-electron chi connectivity index (χ0n) is 16.2. The molecule has 0 bridgehead atoms. The first-order valence-electron chi connectivity index (χ1n) is 9.45. The highest BCUT2D eigenvalue weighted by molar-refractivity contribution is 14.0. The summed E-state index contributed by atoms with van der Waals surface area (Å²) >= 11 is 0. The van der Waals surface area contributed by atoms with Crippen molar-refractivity contribution in [1.82, 2.24) is 15.5 Å². The van der Waals surface area contributed by atoms with Crippen LogP contribution in [0.1, 0.15) is 19.8 Å². The van der Waals surface area contributed by atoms with E-state index in [1.165, 1.54) is 4.90 Å². The molecule has 9 heteroatoms. The summed E-state index contributed by atoms with van der Waals surface area (Å²) in [6, 6.07) is 9.65. The summed E-state index contributed by atoms with van der Waals surface area (Å²) in [4.78, 5) is 5.99. The normalized spacial score (nSPS) is 17.9. The van der Waals surface area contributed by atoms with Crippen LogP contribution in [0.2, 0.25) is 0 Å². The fourth-order valence-corrected chi connectivity index (χ4v) is 3.01. The predicted molar refractivity (Wildman–Crippen MR) is 117 cm³/mol. The topological polar surface area (TPSA) is 48.9 Å². The van der Waals surface area contributed by atoms with Crippen molar-refractivity contribution in [3.8, 4) is 5.75 Å². The molecule has 1 aliphatic rings. The number of alkyl halides is 3. The van der Waals surface area contributed by atoms with Crippen LogP contribution in [0.25, 0.3) is 0 Å². The SMILES string of the molecule is CCNC(=NCC1CCN(CC(F)(F)F)C1)NCCCOc1ccccc1.I. The van der Waals surface area contributed by atoms with Gasteiger partial charge >= 0.3 is 6.18 Å². The number of nitrogens with one attached hydrogen (secondary N) is 2. The fraction of sp³-hybridized carbons (Fsp3) is 0.632. The van der Waals surface area contributed by atoms with Crippen molar-refractivity contribution >= 4 is 29.9 Å². The van der Waals surface area contributed by atoms with Crippen LogP contribution in [-0.2, 0) is 0 Å². The highest BCUT2D eigenvalue weighted by atomic mass is 127. The molecule has 0 amide bonds. The maximum Gasteiger partial charge on any atom is 0.401 e. The summed E-state index contributed by atoms with van der Waals surface area (Å²) in [5, 5.41) is 6.41. The summed E-state index contributed by atoms with van der Waals surface area (Å²) in [5.74, 6) is 1.72. The van der Waals surface area contributed by atoms with E-state index in [4.69, 9.17) is 4.74 Å². The highest BCUT2D eigenvalue weighted by Gasteiger charge is 2.34. The van der Waals surface area contributed by atoms with Crippen LogP contribution in [0.4, 0.5) is 13.2 Å². The van der Waals surface area contributed by atoms with Gasteiger partial charge in [-0.05, 0) is 44.4 Å². The van der Waals surface area contributed by atoms with Crippen molar-refractivity contribution in [3.05, 3.63) is 30.3 Å². The van der Waals surface area contributed by atoms with Gasteiger partial charge in [0, 0.05) is 26.2 Å². The van der Waals surface area contributed by atoms with Crippen molar-refractivity contribution in [2.45, 2.75) is 25.9 Å². The molecule has 1 saturated heterocycles. The first-order chi connectivity index (χ1) is 13.0. The van der Waals surface area contributed by atoms with Gasteiger partial charge in [-0.15, -0.1) is 24.0 Å². The third-order valence-corrected chi connectivity index (χ3v) is 4.25. The second-order valence-electron chi connectivity index (χ2n) is 6.67. The summed E-state index contributed by atoms with van der Waals surface area (Å²) in [7, 11) is 0. The van der Waals surface area contributed by atoms with Gasteiger partial charge < -0.3 is 15.4 Å². The van der Waals surface area contributed by atoms with Crippen LogP contribution in [-0.4, -0.2) is 62.9 Å². The largest absolute Gasteiger partial charge is 0.494 e. The molecule has 160 valence electrons. The standard InChI is InChI=1S/C19H29F3N4O.HI/c1-2-23-18(24-10-6-12-27-17-7-4-3-5-8-17)25-13-16-9-11-26(14-16)15-19(20,21)22;/h3-5,7-8,16H,2,6,9-15H2,1H3,(H2,23,24,25);1H. The maximum atomic E-state index is 12.5. The summed E-state index contributed by atoms with van der Waals surface area (Å²) in [6.07, 6.45) is -2.55. The maximum absolute atomic E-state index is 12.5. The van der Waals surface area contributed by atoms with E-state index in [0.717, 1.165) is 25.1 Å². The molecule has 1 aromatic rings. The van der Waals surface area contributed by atoms with Crippen LogP contribution in [0.15, 0.2) is 35.3 Å². The molecule has 0 aromatic heterocycles. The van der Waals surface area contributed by atoms with Gasteiger partial charge in [0.25, 0.3) is 0 Å². The monoisotopic (exact) mass is 514 g/mol. The Kier molecular flexibility index (Phi) is 11.6. The number of benzene rings is 1. The molecule has 0 saturated carbocycles. The average Bonchev–Trinajstić information content (AvgIpc) is 3.05. The van der Waals surface area contributed by atoms with Crippen molar-refractivity contribution < 1.29 is 17.9 Å². The zero-order chi connectivity index (χ0) is 19.5. The van der Waals surface area contributed by atoms with E-state index < -0.39 is 12.7 Å². The van der Waals surface area contributed by atoms with Crippen molar-refractivity contribution in [3.63, 3.8) is 0 Å². The predicted octanol–water partition coefficient (Wildman–Crippen LogP) is 3.51. The van der Waals surface area contributed by atoms with Crippen molar-refractivity contribution in [2.75, 3.05) is 45.9 Å². The quantitative estimate of drug-likeness (QED) is 0.229. The van der Waals surface area contributed by atoms with E-state index in [1.807, 2.05) is 37.3 Å². The number of halogens is 4. The number of nitrogens with zero attached hydrogens (tertiary/aromatic N) is 2. The van der Waals surface area contributed by atoms with E-state index in [-0.39, 0.29) is 29.9 Å². The number of hydrogen-bond donors (Lipinski definition) is 2. The second kappa shape index (κ2) is 13.1. The molecular formula is C19H30F3IN4O. The summed E-state index contributed by atoms with van der Waals surface area (Å²) in [5.41, 5.74) is 0. The van der Waals surface area contributed by atoms with Crippen molar-refractivity contribution in [1.29, 1.82) is 0 Å². The lowest BCUT2D eigenvalue weighted by atomic mass is 10.1. The Hall–Kier alpha value is -1.23. The molecule has 0 spiro atoms.